The monoisotopic (exact) mass is 1550 g/mol. The molecule has 584 valence electrons. The van der Waals surface area contributed by atoms with E-state index in [9.17, 15) is 36.7 Å². The molecule has 0 saturated carbocycles. The Morgan fingerprint density at radius 2 is 0.983 bits per heavy atom. The predicted molar refractivity (Wildman–Crippen MR) is 437 cm³/mol. The topological polar surface area (TPSA) is 198 Å². The van der Waals surface area contributed by atoms with Gasteiger partial charge in [0.1, 0.15) is 94.4 Å². The molecule has 3 amide bonds. The Balaban J connectivity index is 0.000000135. The van der Waals surface area contributed by atoms with Crippen LogP contribution >= 0.6 is 0 Å². The Kier molecular flexibility index (Phi) is 26.2. The Labute approximate surface area is 667 Å². The van der Waals surface area contributed by atoms with Crippen molar-refractivity contribution < 1.29 is 55.7 Å². The number of pyridine rings is 3. The number of carbonyl (C=O) groups excluding carboxylic acids is 4. The first-order valence-electron chi connectivity index (χ1n) is 37.5. The fourth-order valence-corrected chi connectivity index (χ4v) is 12.8. The number of halogens is 4. The lowest BCUT2D eigenvalue weighted by Crippen LogP contribution is -2.26. The van der Waals surface area contributed by atoms with E-state index in [0.29, 0.717) is 101 Å². The van der Waals surface area contributed by atoms with Crippen molar-refractivity contribution in [3.05, 3.63) is 407 Å². The number of aromatic nitrogens is 7. The molecule has 116 heavy (non-hydrogen) atoms. The van der Waals surface area contributed by atoms with Crippen LogP contribution in [0, 0.1) is 23.3 Å². The molecule has 22 heteroatoms. The minimum absolute atomic E-state index is 0.0379. The number of ketones is 1. The SMILES string of the molecule is CC(C)(Oc1cccc(CCC(=O)c2ccn3ccnc3c2)c1)c1ccccc1F.Cn1cc(CC(=O)NCc2cccc(OCc3ccccc3F)c2)c2ccccc21.O=C(NCc1cccc(OCc2ccccc2F)c1)c1cccc2ccnn12.O=C(NCc1cccc(OCc2ccccc2F)c1)c1cn2ccccc2n1. The van der Waals surface area contributed by atoms with E-state index in [-0.39, 0.29) is 66.6 Å². The van der Waals surface area contributed by atoms with Gasteiger partial charge < -0.3 is 48.3 Å². The summed E-state index contributed by atoms with van der Waals surface area (Å²) in [5.41, 5.74) is 10.8. The van der Waals surface area contributed by atoms with Crippen LogP contribution < -0.4 is 34.9 Å². The molecule has 0 saturated heterocycles. The molecule has 16 aromatic rings. The summed E-state index contributed by atoms with van der Waals surface area (Å²) < 4.78 is 85.8. The lowest BCUT2D eigenvalue weighted by atomic mass is 9.97. The molecule has 0 radical (unpaired) electrons. The van der Waals surface area contributed by atoms with Crippen molar-refractivity contribution in [2.24, 2.45) is 7.05 Å². The molecule has 0 aliphatic carbocycles. The first-order valence-corrected chi connectivity index (χ1v) is 37.5. The number of ether oxygens (including phenoxy) is 4. The van der Waals surface area contributed by atoms with Crippen molar-refractivity contribution in [3.8, 4) is 23.0 Å². The molecule has 16 rings (SSSR count). The van der Waals surface area contributed by atoms with E-state index < -0.39 is 5.60 Å². The zero-order valence-corrected chi connectivity index (χ0v) is 63.8. The van der Waals surface area contributed by atoms with Crippen LogP contribution in [0.4, 0.5) is 17.6 Å². The van der Waals surface area contributed by atoms with Gasteiger partial charge in [0.15, 0.2) is 5.78 Å². The van der Waals surface area contributed by atoms with Gasteiger partial charge in [-0.3, -0.25) is 19.2 Å². The number of nitrogens with zero attached hydrogens (tertiary/aromatic N) is 7. The number of amides is 3. The second-order valence-corrected chi connectivity index (χ2v) is 27.6. The van der Waals surface area contributed by atoms with Gasteiger partial charge in [-0.25, -0.2) is 32.0 Å². The maximum absolute atomic E-state index is 14.2. The lowest BCUT2D eigenvalue weighted by molar-refractivity contribution is -0.120. The summed E-state index contributed by atoms with van der Waals surface area (Å²) in [6.45, 7) is 5.20. The van der Waals surface area contributed by atoms with Crippen LogP contribution in [0.2, 0.25) is 0 Å². The van der Waals surface area contributed by atoms with E-state index in [0.717, 1.165) is 55.5 Å². The van der Waals surface area contributed by atoms with E-state index in [2.05, 4.69) is 31.0 Å². The van der Waals surface area contributed by atoms with Gasteiger partial charge >= 0.3 is 0 Å². The van der Waals surface area contributed by atoms with Crippen LogP contribution in [-0.4, -0.2) is 56.5 Å². The summed E-state index contributed by atoms with van der Waals surface area (Å²) in [5.74, 6) is 0.916. The number of imidazole rings is 2. The number of aryl methyl sites for hydroxylation is 2. The molecular formula is C94H82F4N10O8. The van der Waals surface area contributed by atoms with E-state index >= 15 is 0 Å². The predicted octanol–water partition coefficient (Wildman–Crippen LogP) is 18.3. The van der Waals surface area contributed by atoms with Gasteiger partial charge in [-0.2, -0.15) is 5.10 Å². The van der Waals surface area contributed by atoms with Gasteiger partial charge in [-0.05, 0) is 169 Å². The number of rotatable bonds is 26. The standard InChI is InChI=1S/2C25H23FN2O2.2C22H18FN3O2/c1-25(2,21-8-3-4-9-22(21)26)30-20-7-5-6-18(16-20)10-11-23(29)19-12-14-28-15-13-27-24(28)17-19;1-28-16-20(22-10-3-5-12-24(22)28)14-25(29)27-15-18-7-6-9-21(13-18)30-17-19-8-2-4-11-23(19)26;23-20-9-2-1-6-17(20)15-28-19-8-3-5-16(13-19)14-24-22(27)21-10-4-7-18-11-12-25-26(18)21;23-19-9-2-1-7-17(19)15-28-18-8-5-6-16(12-18)13-24-22(27)20-14-26-11-4-3-10-21(26)25-20/h3-9,12-17H,10-11H2,1-2H3;2-13,16H,14-15,17H2,1H3,(H,27,29);1-13H,14-15H2,(H,24,27);1-12,14H,13,15H2,(H,24,27). The van der Waals surface area contributed by atoms with Crippen LogP contribution in [0.3, 0.4) is 0 Å². The van der Waals surface area contributed by atoms with E-state index in [1.165, 1.54) is 24.3 Å². The van der Waals surface area contributed by atoms with Crippen molar-refractivity contribution >= 4 is 51.2 Å². The number of Topliss-reactive ketones (excluding diaryl/α,β-unsaturated/α-hetero) is 1. The molecule has 0 spiro atoms. The molecule has 0 aliphatic heterocycles. The maximum atomic E-state index is 14.2. The number of benzene rings is 9. The Bertz CT molecular complexity index is 6060. The molecule has 7 heterocycles. The number of hydrogen-bond donors (Lipinski definition) is 3. The quantitative estimate of drug-likeness (QED) is 0.0344. The molecule has 0 unspecified atom stereocenters. The van der Waals surface area contributed by atoms with Crippen molar-refractivity contribution in [3.63, 3.8) is 0 Å². The summed E-state index contributed by atoms with van der Waals surface area (Å²) in [5, 5.41) is 14.0. The van der Waals surface area contributed by atoms with Crippen molar-refractivity contribution in [1.82, 2.24) is 48.9 Å². The number of carbonyl (C=O) groups is 4. The fraction of sp³-hybridized carbons (Fsp3) is 0.138. The highest BCUT2D eigenvalue weighted by Crippen LogP contribution is 2.31. The lowest BCUT2D eigenvalue weighted by Gasteiger charge is -2.27. The average Bonchev–Trinajstić information content (AvgIpc) is 1.52. The maximum Gasteiger partial charge on any atom is 0.271 e. The van der Waals surface area contributed by atoms with Gasteiger partial charge in [0.25, 0.3) is 11.8 Å². The molecule has 18 nitrogen and oxygen atoms in total. The number of hydrogen-bond acceptors (Lipinski definition) is 11. The molecule has 3 N–H and O–H groups in total. The van der Waals surface area contributed by atoms with Crippen molar-refractivity contribution in [2.75, 3.05) is 0 Å². The third-order valence-electron chi connectivity index (χ3n) is 18.9. The van der Waals surface area contributed by atoms with E-state index in [1.807, 2.05) is 206 Å². The summed E-state index contributed by atoms with van der Waals surface area (Å²) in [7, 11) is 1.98. The summed E-state index contributed by atoms with van der Waals surface area (Å²) >= 11 is 0. The highest BCUT2D eigenvalue weighted by Gasteiger charge is 2.26. The fourth-order valence-electron chi connectivity index (χ4n) is 12.8. The van der Waals surface area contributed by atoms with Crippen LogP contribution in [0.1, 0.15) is 102 Å². The van der Waals surface area contributed by atoms with Crippen LogP contribution in [0.5, 0.6) is 23.0 Å². The Morgan fingerprint density at radius 1 is 0.448 bits per heavy atom. The number of para-hydroxylation sites is 1. The van der Waals surface area contributed by atoms with Crippen molar-refractivity contribution in [1.29, 1.82) is 0 Å². The second kappa shape index (κ2) is 38.2. The zero-order chi connectivity index (χ0) is 80.8. The number of fused-ring (bicyclic) bond motifs is 4. The normalized spacial score (nSPS) is 11.0. The van der Waals surface area contributed by atoms with Crippen LogP contribution in [0.15, 0.2) is 316 Å². The Morgan fingerprint density at radius 3 is 1.59 bits per heavy atom. The van der Waals surface area contributed by atoms with Gasteiger partial charge in [-0.15, -0.1) is 0 Å². The molecule has 0 bridgehead atoms. The average molecular weight is 1560 g/mol. The van der Waals surface area contributed by atoms with E-state index in [4.69, 9.17) is 18.9 Å². The molecule has 0 fully saturated rings. The Hall–Kier alpha value is -14.4. The van der Waals surface area contributed by atoms with Crippen LogP contribution in [-0.2, 0) is 69.7 Å². The third kappa shape index (κ3) is 21.4. The highest BCUT2D eigenvalue weighted by atomic mass is 19.1. The summed E-state index contributed by atoms with van der Waals surface area (Å²) in [4.78, 5) is 58.5. The van der Waals surface area contributed by atoms with Crippen molar-refractivity contribution in [2.45, 2.75) is 78.2 Å². The summed E-state index contributed by atoms with van der Waals surface area (Å²) in [6, 6.07) is 80.5. The first kappa shape index (κ1) is 79.7. The molecule has 0 atom stereocenters. The molecule has 7 aromatic heterocycles. The molecular weight excluding hydrogens is 1470 g/mol. The highest BCUT2D eigenvalue weighted by molar-refractivity contribution is 5.97. The third-order valence-corrected chi connectivity index (χ3v) is 18.9. The minimum Gasteiger partial charge on any atom is -0.489 e. The largest absolute Gasteiger partial charge is 0.489 e. The van der Waals surface area contributed by atoms with Gasteiger partial charge in [0, 0.05) is 109 Å². The van der Waals surface area contributed by atoms with E-state index in [1.54, 1.807) is 125 Å². The molecule has 0 aliphatic rings. The number of nitrogens with one attached hydrogen (secondary N) is 3. The van der Waals surface area contributed by atoms with Gasteiger partial charge in [-0.1, -0.05) is 152 Å². The first-order chi connectivity index (χ1) is 56.4. The summed E-state index contributed by atoms with van der Waals surface area (Å²) in [6.07, 6.45) is 13.9. The smallest absolute Gasteiger partial charge is 0.271 e. The zero-order valence-electron chi connectivity index (χ0n) is 63.8. The van der Waals surface area contributed by atoms with Gasteiger partial charge in [0.2, 0.25) is 5.91 Å². The van der Waals surface area contributed by atoms with Crippen LogP contribution in [0.25, 0.3) is 27.7 Å². The second-order valence-electron chi connectivity index (χ2n) is 27.6. The van der Waals surface area contributed by atoms with Gasteiger partial charge in [0.05, 0.1) is 18.1 Å². The molecule has 9 aromatic carbocycles. The minimum atomic E-state index is -0.820.